The number of hydrogen-bond donors (Lipinski definition) is 0. The summed E-state index contributed by atoms with van der Waals surface area (Å²) in [5.41, 5.74) is 8.95. The van der Waals surface area contributed by atoms with E-state index in [1.54, 1.807) is 0 Å². The van der Waals surface area contributed by atoms with Crippen LogP contribution in [0.1, 0.15) is 30.9 Å². The third kappa shape index (κ3) is 3.18. The zero-order valence-corrected chi connectivity index (χ0v) is 15.2. The molecule has 116 valence electrons. The first-order valence-corrected chi connectivity index (χ1v) is 11.7. The molecule has 0 heterocycles. The van der Waals surface area contributed by atoms with Gasteiger partial charge in [-0.1, -0.05) is 42.0 Å². The molecule has 2 aliphatic rings. The minimum absolute atomic E-state index is 0.854. The summed E-state index contributed by atoms with van der Waals surface area (Å²) in [4.78, 5) is 0. The van der Waals surface area contributed by atoms with Crippen LogP contribution >= 0.6 is 0 Å². The molecular weight excluding hydrogens is 284 g/mol. The maximum absolute atomic E-state index is 6.05. The van der Waals surface area contributed by atoms with Crippen molar-refractivity contribution in [3.63, 3.8) is 0 Å². The Morgan fingerprint density at radius 1 is 1.14 bits per heavy atom. The molecule has 3 rings (SSSR count). The largest absolute Gasteiger partial charge is 0.417 e. The highest BCUT2D eigenvalue weighted by Gasteiger charge is 2.24. The van der Waals surface area contributed by atoms with Gasteiger partial charge >= 0.3 is 0 Å². The fourth-order valence-corrected chi connectivity index (χ4v) is 4.17. The number of hydrogen-bond acceptors (Lipinski definition) is 1. The van der Waals surface area contributed by atoms with Crippen molar-refractivity contribution in [2.24, 2.45) is 0 Å². The van der Waals surface area contributed by atoms with Crippen LogP contribution in [-0.4, -0.2) is 14.9 Å². The Morgan fingerprint density at radius 2 is 1.91 bits per heavy atom. The lowest BCUT2D eigenvalue weighted by Crippen LogP contribution is -2.25. The summed E-state index contributed by atoms with van der Waals surface area (Å²) in [5, 5.41) is 0. The Kier molecular flexibility index (Phi) is 4.24. The van der Waals surface area contributed by atoms with Gasteiger partial charge in [-0.15, -0.1) is 0 Å². The Hall–Kier alpha value is -1.38. The van der Waals surface area contributed by atoms with Crippen molar-refractivity contribution in [1.29, 1.82) is 0 Å². The zero-order chi connectivity index (χ0) is 15.7. The third-order valence-electron chi connectivity index (χ3n) is 4.41. The number of allylic oxidation sites excluding steroid dienone is 5. The summed E-state index contributed by atoms with van der Waals surface area (Å²) in [5.74, 6) is 0. The summed E-state index contributed by atoms with van der Waals surface area (Å²) >= 11 is 0. The molecule has 0 N–H and O–H groups in total. The monoisotopic (exact) mass is 310 g/mol. The average Bonchev–Trinajstić information content (AvgIpc) is 3.00. The smallest absolute Gasteiger partial charge is 0.183 e. The second kappa shape index (κ2) is 6.02. The molecule has 0 unspecified atom stereocenters. The van der Waals surface area contributed by atoms with Gasteiger partial charge in [-0.05, 0) is 73.7 Å². The fourth-order valence-electron chi connectivity index (χ4n) is 3.46. The molecule has 0 saturated heterocycles. The van der Waals surface area contributed by atoms with Crippen molar-refractivity contribution in [1.82, 2.24) is 0 Å². The Morgan fingerprint density at radius 3 is 2.68 bits per heavy atom. The van der Waals surface area contributed by atoms with Crippen molar-refractivity contribution in [2.45, 2.75) is 45.8 Å². The predicted octanol–water partition coefficient (Wildman–Crippen LogP) is 5.51. The summed E-state index contributed by atoms with van der Waals surface area (Å²) in [6, 6.07) is 8.86. The van der Waals surface area contributed by atoms with Crippen molar-refractivity contribution in [3.05, 3.63) is 64.3 Å². The lowest BCUT2D eigenvalue weighted by molar-refractivity contribution is 0.316. The highest BCUT2D eigenvalue weighted by molar-refractivity contribution is 6.69. The Bertz CT molecular complexity index is 671. The van der Waals surface area contributed by atoms with E-state index in [1.165, 1.54) is 33.4 Å². The quantitative estimate of drug-likeness (QED) is 0.651. The number of rotatable bonds is 5. The van der Waals surface area contributed by atoms with Crippen LogP contribution in [-0.2, 0) is 10.8 Å². The molecule has 1 aromatic carbocycles. The molecule has 22 heavy (non-hydrogen) atoms. The summed E-state index contributed by atoms with van der Waals surface area (Å²) in [6.45, 7) is 9.91. The lowest BCUT2D eigenvalue weighted by Gasteiger charge is -2.18. The molecule has 0 amide bonds. The van der Waals surface area contributed by atoms with Gasteiger partial charge in [0, 0.05) is 6.61 Å². The molecule has 1 aromatic rings. The average molecular weight is 311 g/mol. The molecule has 0 atom stereocenters. The first kappa shape index (κ1) is 15.5. The maximum atomic E-state index is 6.05. The van der Waals surface area contributed by atoms with Gasteiger partial charge in [0.15, 0.2) is 8.32 Å². The number of benzene rings is 1. The molecule has 0 aliphatic heterocycles. The van der Waals surface area contributed by atoms with E-state index in [9.17, 15) is 0 Å². The van der Waals surface area contributed by atoms with E-state index < -0.39 is 8.32 Å². The molecule has 0 radical (unpaired) electrons. The first-order chi connectivity index (χ1) is 10.5. The fraction of sp³-hybridized carbons (Fsp3) is 0.400. The lowest BCUT2D eigenvalue weighted by atomic mass is 9.93. The molecule has 2 heteroatoms. The van der Waals surface area contributed by atoms with Crippen LogP contribution in [0.4, 0.5) is 0 Å². The topological polar surface area (TPSA) is 9.23 Å². The summed E-state index contributed by atoms with van der Waals surface area (Å²) in [7, 11) is -1.41. The molecule has 0 bridgehead atoms. The Labute approximate surface area is 135 Å². The predicted molar refractivity (Wildman–Crippen MR) is 97.4 cm³/mol. The summed E-state index contributed by atoms with van der Waals surface area (Å²) in [6.07, 6.45) is 7.83. The standard InChI is InChI=1S/C20H26OSi/c1-15-14-17-8-5-6-10-19(17)20(15)18-11-7-9-16(18)12-13-21-22(2,3)4/h5-10H,11-14H2,1-4H3. The first-order valence-electron chi connectivity index (χ1n) is 8.26. The molecule has 2 aliphatic carbocycles. The molecule has 1 nitrogen and oxygen atoms in total. The van der Waals surface area contributed by atoms with Crippen LogP contribution in [0, 0.1) is 0 Å². The van der Waals surface area contributed by atoms with Crippen LogP contribution in [0.15, 0.2) is 53.1 Å². The van der Waals surface area contributed by atoms with Gasteiger partial charge in [0.25, 0.3) is 0 Å². The maximum Gasteiger partial charge on any atom is 0.183 e. The van der Waals surface area contributed by atoms with E-state index in [0.717, 1.165) is 25.9 Å². The van der Waals surface area contributed by atoms with Crippen molar-refractivity contribution in [3.8, 4) is 0 Å². The van der Waals surface area contributed by atoms with Crippen LogP contribution in [0.3, 0.4) is 0 Å². The van der Waals surface area contributed by atoms with Crippen LogP contribution in [0.5, 0.6) is 0 Å². The van der Waals surface area contributed by atoms with Gasteiger partial charge in [-0.25, -0.2) is 0 Å². The molecule has 0 aromatic heterocycles. The van der Waals surface area contributed by atoms with Gasteiger partial charge < -0.3 is 4.43 Å². The van der Waals surface area contributed by atoms with E-state index in [1.807, 2.05) is 0 Å². The second-order valence-corrected chi connectivity index (χ2v) is 11.8. The SMILES string of the molecule is CC1=C(C2=C(CCO[Si](C)(C)C)C=CC2)c2ccccc2C1. The van der Waals surface area contributed by atoms with Crippen molar-refractivity contribution >= 4 is 13.9 Å². The van der Waals surface area contributed by atoms with Crippen molar-refractivity contribution in [2.75, 3.05) is 6.61 Å². The van der Waals surface area contributed by atoms with E-state index in [4.69, 9.17) is 4.43 Å². The van der Waals surface area contributed by atoms with Gasteiger partial charge in [-0.2, -0.15) is 0 Å². The number of fused-ring (bicyclic) bond motifs is 1. The Balaban J connectivity index is 1.84. The van der Waals surface area contributed by atoms with Crippen molar-refractivity contribution < 1.29 is 4.43 Å². The molecular formula is C20H26OSi. The minimum atomic E-state index is -1.41. The van der Waals surface area contributed by atoms with Gasteiger partial charge in [0.05, 0.1) is 0 Å². The second-order valence-electron chi connectivity index (χ2n) is 7.31. The summed E-state index contributed by atoms with van der Waals surface area (Å²) < 4.78 is 6.05. The minimum Gasteiger partial charge on any atom is -0.417 e. The van der Waals surface area contributed by atoms with Gasteiger partial charge in [0.1, 0.15) is 0 Å². The third-order valence-corrected chi connectivity index (χ3v) is 5.48. The zero-order valence-electron chi connectivity index (χ0n) is 14.2. The van der Waals surface area contributed by atoms with Crippen LogP contribution in [0.2, 0.25) is 19.6 Å². The van der Waals surface area contributed by atoms with Gasteiger partial charge in [0.2, 0.25) is 0 Å². The highest BCUT2D eigenvalue weighted by Crippen LogP contribution is 2.42. The molecule has 0 fully saturated rings. The van der Waals surface area contributed by atoms with E-state index >= 15 is 0 Å². The highest BCUT2D eigenvalue weighted by atomic mass is 28.4. The van der Waals surface area contributed by atoms with E-state index in [-0.39, 0.29) is 0 Å². The normalized spacial score (nSPS) is 17.6. The van der Waals surface area contributed by atoms with E-state index in [2.05, 4.69) is 63.0 Å². The molecule has 0 spiro atoms. The van der Waals surface area contributed by atoms with Crippen LogP contribution < -0.4 is 0 Å². The van der Waals surface area contributed by atoms with E-state index in [0.29, 0.717) is 0 Å². The van der Waals surface area contributed by atoms with Crippen LogP contribution in [0.25, 0.3) is 5.57 Å². The van der Waals surface area contributed by atoms with Gasteiger partial charge in [-0.3, -0.25) is 0 Å². The molecule has 0 saturated carbocycles.